The molecule has 108 valence electrons. The zero-order chi connectivity index (χ0) is 14.5. The molecule has 1 aromatic heterocycles. The zero-order valence-electron chi connectivity index (χ0n) is 12.4. The standard InChI is InChI=1S/C15H21N3OS/c1-11(14-9-20-10-16-14)17-13-7-12(8-18(2)3)5-6-15(13)19-4/h5-7,9-11,17H,8H2,1-4H3. The molecule has 0 bridgehead atoms. The summed E-state index contributed by atoms with van der Waals surface area (Å²) in [6, 6.07) is 6.40. The number of hydrogen-bond donors (Lipinski definition) is 1. The van der Waals surface area contributed by atoms with E-state index in [4.69, 9.17) is 4.74 Å². The van der Waals surface area contributed by atoms with Gasteiger partial charge in [0.25, 0.3) is 0 Å². The van der Waals surface area contributed by atoms with Gasteiger partial charge in [-0.1, -0.05) is 6.07 Å². The van der Waals surface area contributed by atoms with Crippen molar-refractivity contribution in [1.29, 1.82) is 0 Å². The maximum Gasteiger partial charge on any atom is 0.141 e. The summed E-state index contributed by atoms with van der Waals surface area (Å²) >= 11 is 1.61. The first-order chi connectivity index (χ1) is 9.60. The van der Waals surface area contributed by atoms with E-state index in [-0.39, 0.29) is 6.04 Å². The third kappa shape index (κ3) is 3.71. The molecule has 0 saturated heterocycles. The predicted molar refractivity (Wildman–Crippen MR) is 84.5 cm³/mol. The summed E-state index contributed by atoms with van der Waals surface area (Å²) in [5.74, 6) is 0.856. The van der Waals surface area contributed by atoms with Gasteiger partial charge in [-0.05, 0) is 38.7 Å². The maximum atomic E-state index is 5.43. The number of methoxy groups -OCH3 is 1. The van der Waals surface area contributed by atoms with Gasteiger partial charge in [0.1, 0.15) is 5.75 Å². The van der Waals surface area contributed by atoms with E-state index in [2.05, 4.69) is 53.7 Å². The van der Waals surface area contributed by atoms with Crippen LogP contribution in [0.2, 0.25) is 0 Å². The monoisotopic (exact) mass is 291 g/mol. The Labute approximate surface area is 124 Å². The van der Waals surface area contributed by atoms with Crippen molar-refractivity contribution in [3.05, 3.63) is 40.3 Å². The molecular formula is C15H21N3OS. The van der Waals surface area contributed by atoms with Gasteiger partial charge in [0.05, 0.1) is 30.0 Å². The van der Waals surface area contributed by atoms with E-state index in [0.29, 0.717) is 0 Å². The number of aromatic nitrogens is 1. The molecule has 4 nitrogen and oxygen atoms in total. The van der Waals surface area contributed by atoms with Crippen molar-refractivity contribution >= 4 is 17.0 Å². The third-order valence-electron chi connectivity index (χ3n) is 3.03. The predicted octanol–water partition coefficient (Wildman–Crippen LogP) is 3.39. The minimum absolute atomic E-state index is 0.157. The van der Waals surface area contributed by atoms with Crippen molar-refractivity contribution in [2.24, 2.45) is 0 Å². The number of thiazole rings is 1. The molecule has 20 heavy (non-hydrogen) atoms. The lowest BCUT2D eigenvalue weighted by molar-refractivity contribution is 0.400. The fourth-order valence-electron chi connectivity index (χ4n) is 2.07. The van der Waals surface area contributed by atoms with Crippen LogP contribution < -0.4 is 10.1 Å². The summed E-state index contributed by atoms with van der Waals surface area (Å²) in [4.78, 5) is 6.49. The largest absolute Gasteiger partial charge is 0.495 e. The summed E-state index contributed by atoms with van der Waals surface area (Å²) in [7, 11) is 5.82. The Bertz CT molecular complexity index is 540. The molecule has 0 aliphatic heterocycles. The number of nitrogens with one attached hydrogen (secondary N) is 1. The molecule has 0 aliphatic rings. The highest BCUT2D eigenvalue weighted by Gasteiger charge is 2.11. The molecular weight excluding hydrogens is 270 g/mol. The van der Waals surface area contributed by atoms with Crippen LogP contribution in [0, 0.1) is 0 Å². The first-order valence-corrected chi connectivity index (χ1v) is 7.50. The average molecular weight is 291 g/mol. The SMILES string of the molecule is COc1ccc(CN(C)C)cc1NC(C)c1cscn1. The minimum Gasteiger partial charge on any atom is -0.495 e. The van der Waals surface area contributed by atoms with Crippen molar-refractivity contribution in [3.63, 3.8) is 0 Å². The summed E-state index contributed by atoms with van der Waals surface area (Å²) in [5.41, 5.74) is 5.17. The molecule has 0 fully saturated rings. The van der Waals surface area contributed by atoms with Crippen LogP contribution in [0.3, 0.4) is 0 Å². The average Bonchev–Trinajstić information content (AvgIpc) is 2.92. The molecule has 1 unspecified atom stereocenters. The highest BCUT2D eigenvalue weighted by molar-refractivity contribution is 7.07. The Hall–Kier alpha value is -1.59. The summed E-state index contributed by atoms with van der Waals surface area (Å²) < 4.78 is 5.43. The molecule has 0 spiro atoms. The molecule has 2 aromatic rings. The van der Waals surface area contributed by atoms with E-state index in [1.165, 1.54) is 5.56 Å². The lowest BCUT2D eigenvalue weighted by Crippen LogP contribution is -2.12. The van der Waals surface area contributed by atoms with Crippen LogP contribution in [0.4, 0.5) is 5.69 Å². The van der Waals surface area contributed by atoms with E-state index >= 15 is 0 Å². The fourth-order valence-corrected chi connectivity index (χ4v) is 2.72. The normalized spacial score (nSPS) is 12.4. The van der Waals surface area contributed by atoms with Crippen molar-refractivity contribution < 1.29 is 4.74 Å². The molecule has 5 heteroatoms. The maximum absolute atomic E-state index is 5.43. The Morgan fingerprint density at radius 2 is 2.20 bits per heavy atom. The first kappa shape index (κ1) is 14.8. The number of hydrogen-bond acceptors (Lipinski definition) is 5. The van der Waals surface area contributed by atoms with Crippen molar-refractivity contribution in [2.45, 2.75) is 19.5 Å². The fraction of sp³-hybridized carbons (Fsp3) is 0.400. The van der Waals surface area contributed by atoms with Gasteiger partial charge in [0.2, 0.25) is 0 Å². The molecule has 0 radical (unpaired) electrons. The van der Waals surface area contributed by atoms with Gasteiger partial charge in [0, 0.05) is 11.9 Å². The molecule has 1 atom stereocenters. The lowest BCUT2D eigenvalue weighted by atomic mass is 10.1. The Kier molecular flexibility index (Phi) is 4.98. The minimum atomic E-state index is 0.157. The molecule has 0 saturated carbocycles. The first-order valence-electron chi connectivity index (χ1n) is 6.56. The van der Waals surface area contributed by atoms with Crippen LogP contribution >= 0.6 is 11.3 Å². The topological polar surface area (TPSA) is 37.4 Å². The van der Waals surface area contributed by atoms with Crippen LogP contribution in [-0.2, 0) is 6.54 Å². The van der Waals surface area contributed by atoms with Gasteiger partial charge in [-0.25, -0.2) is 4.98 Å². The number of nitrogens with zero attached hydrogens (tertiary/aromatic N) is 2. The van der Waals surface area contributed by atoms with Gasteiger partial charge in [0.15, 0.2) is 0 Å². The second-order valence-corrected chi connectivity index (χ2v) is 5.77. The summed E-state index contributed by atoms with van der Waals surface area (Å²) in [6.07, 6.45) is 0. The van der Waals surface area contributed by atoms with Crippen molar-refractivity contribution in [2.75, 3.05) is 26.5 Å². The highest BCUT2D eigenvalue weighted by atomic mass is 32.1. The van der Waals surface area contributed by atoms with Crippen molar-refractivity contribution in [3.8, 4) is 5.75 Å². The van der Waals surface area contributed by atoms with Crippen LogP contribution in [0.1, 0.15) is 24.2 Å². The van der Waals surface area contributed by atoms with Gasteiger partial charge >= 0.3 is 0 Å². The molecule has 0 amide bonds. The van der Waals surface area contributed by atoms with Crippen LogP contribution in [0.25, 0.3) is 0 Å². The number of rotatable bonds is 6. The molecule has 2 rings (SSSR count). The van der Waals surface area contributed by atoms with Crippen LogP contribution in [0.5, 0.6) is 5.75 Å². The van der Waals surface area contributed by atoms with E-state index in [9.17, 15) is 0 Å². The molecule has 0 aliphatic carbocycles. The van der Waals surface area contributed by atoms with Gasteiger partial charge < -0.3 is 15.0 Å². The molecule has 1 aromatic carbocycles. The van der Waals surface area contributed by atoms with Crippen molar-refractivity contribution in [1.82, 2.24) is 9.88 Å². The van der Waals surface area contributed by atoms with Gasteiger partial charge in [-0.3, -0.25) is 0 Å². The molecule has 1 heterocycles. The number of anilines is 1. The number of benzene rings is 1. The summed E-state index contributed by atoms with van der Waals surface area (Å²) in [5, 5.41) is 5.54. The highest BCUT2D eigenvalue weighted by Crippen LogP contribution is 2.29. The lowest BCUT2D eigenvalue weighted by Gasteiger charge is -2.18. The zero-order valence-corrected chi connectivity index (χ0v) is 13.2. The smallest absolute Gasteiger partial charge is 0.141 e. The molecule has 1 N–H and O–H groups in total. The van der Waals surface area contributed by atoms with E-state index in [1.807, 2.05) is 11.6 Å². The van der Waals surface area contributed by atoms with Crippen LogP contribution in [-0.4, -0.2) is 31.1 Å². The van der Waals surface area contributed by atoms with Gasteiger partial charge in [-0.2, -0.15) is 0 Å². The summed E-state index contributed by atoms with van der Waals surface area (Å²) in [6.45, 7) is 3.01. The van der Waals surface area contributed by atoms with Crippen LogP contribution in [0.15, 0.2) is 29.1 Å². The van der Waals surface area contributed by atoms with E-state index in [0.717, 1.165) is 23.7 Å². The third-order valence-corrected chi connectivity index (χ3v) is 3.63. The van der Waals surface area contributed by atoms with E-state index < -0.39 is 0 Å². The second kappa shape index (κ2) is 6.72. The van der Waals surface area contributed by atoms with Gasteiger partial charge in [-0.15, -0.1) is 11.3 Å². The number of ether oxygens (including phenoxy) is 1. The second-order valence-electron chi connectivity index (χ2n) is 5.05. The Morgan fingerprint density at radius 3 is 2.80 bits per heavy atom. The quantitative estimate of drug-likeness (QED) is 0.885. The Morgan fingerprint density at radius 1 is 1.40 bits per heavy atom. The van der Waals surface area contributed by atoms with E-state index in [1.54, 1.807) is 18.4 Å². The Balaban J connectivity index is 2.19.